The molecule has 4 rings (SSSR count). The van der Waals surface area contributed by atoms with Crippen molar-refractivity contribution in [1.29, 1.82) is 0 Å². The van der Waals surface area contributed by atoms with E-state index in [1.165, 1.54) is 18.6 Å². The SMILES string of the molecule is C=C/C=C(/c1cccc(F)c1)c1cc(C(=C)c2c(NC)ccc(C(/C=C(\C=C)NC(=C)C3CCC3)=C/C)c2F)[nH]c1C. The molecule has 1 aliphatic carbocycles. The molecular weight excluding hydrogens is 524 g/mol. The molecule has 5 heteroatoms. The number of halogens is 2. The van der Waals surface area contributed by atoms with Crippen molar-refractivity contribution in [2.24, 2.45) is 5.92 Å². The molecular formula is C37H39F2N3. The molecule has 0 amide bonds. The first-order chi connectivity index (χ1) is 20.2. The number of aromatic amines is 1. The van der Waals surface area contributed by atoms with Crippen molar-refractivity contribution >= 4 is 22.4 Å². The number of rotatable bonds is 12. The Kier molecular flexibility index (Phi) is 9.64. The van der Waals surface area contributed by atoms with E-state index in [-0.39, 0.29) is 5.82 Å². The number of nitrogens with one attached hydrogen (secondary N) is 3. The summed E-state index contributed by atoms with van der Waals surface area (Å²) in [5, 5.41) is 6.48. The van der Waals surface area contributed by atoms with Gasteiger partial charge in [-0.2, -0.15) is 0 Å². The Hall–Kier alpha value is -4.64. The van der Waals surface area contributed by atoms with Gasteiger partial charge in [0.15, 0.2) is 0 Å². The molecule has 0 aliphatic heterocycles. The van der Waals surface area contributed by atoms with Gasteiger partial charge in [-0.15, -0.1) is 0 Å². The average Bonchev–Trinajstić information content (AvgIpc) is 3.33. The maximum Gasteiger partial charge on any atom is 0.140 e. The molecule has 3 nitrogen and oxygen atoms in total. The number of anilines is 1. The van der Waals surface area contributed by atoms with Crippen molar-refractivity contribution in [3.05, 3.63) is 156 Å². The van der Waals surface area contributed by atoms with Crippen LogP contribution in [0.25, 0.3) is 16.7 Å². The van der Waals surface area contributed by atoms with Crippen LogP contribution in [0.3, 0.4) is 0 Å². The third-order valence-corrected chi connectivity index (χ3v) is 7.82. The maximum atomic E-state index is 16.5. The minimum Gasteiger partial charge on any atom is -0.388 e. The van der Waals surface area contributed by atoms with Crippen LogP contribution in [0.2, 0.25) is 0 Å². The lowest BCUT2D eigenvalue weighted by molar-refractivity contribution is 0.356. The molecule has 0 bridgehead atoms. The van der Waals surface area contributed by atoms with Gasteiger partial charge in [-0.1, -0.05) is 63.1 Å². The number of benzene rings is 2. The first-order valence-electron chi connectivity index (χ1n) is 14.2. The Morgan fingerprint density at radius 1 is 1.05 bits per heavy atom. The van der Waals surface area contributed by atoms with Gasteiger partial charge in [-0.3, -0.25) is 0 Å². The molecule has 0 radical (unpaired) electrons. The lowest BCUT2D eigenvalue weighted by Crippen LogP contribution is -2.23. The van der Waals surface area contributed by atoms with Gasteiger partial charge in [0.25, 0.3) is 0 Å². The largest absolute Gasteiger partial charge is 0.388 e. The van der Waals surface area contributed by atoms with E-state index in [1.807, 2.05) is 50.3 Å². The lowest BCUT2D eigenvalue weighted by atomic mass is 9.83. The van der Waals surface area contributed by atoms with Crippen LogP contribution in [0.1, 0.15) is 59.8 Å². The molecule has 1 heterocycles. The summed E-state index contributed by atoms with van der Waals surface area (Å²) in [4.78, 5) is 3.37. The standard InChI is InChI=1S/C37H39F2N3/c1-8-13-31(28-16-12-17-29(38)20-28)33-22-35(42-25(33)6)23(4)36-34(40-7)19-18-32(37(36)39)26(9-2)21-30(10-3)41-24(5)27-14-11-15-27/h8-10,12-13,16-22,27,40-42H,1,3-5,11,14-15H2,2,6-7H3/b26-9+,30-21+,31-13-. The van der Waals surface area contributed by atoms with Crippen LogP contribution in [0.4, 0.5) is 14.5 Å². The zero-order valence-corrected chi connectivity index (χ0v) is 24.7. The van der Waals surface area contributed by atoms with Gasteiger partial charge >= 0.3 is 0 Å². The van der Waals surface area contributed by atoms with Gasteiger partial charge in [-0.05, 0) is 91.8 Å². The first kappa shape index (κ1) is 30.3. The monoisotopic (exact) mass is 563 g/mol. The Labute approximate surface area is 248 Å². The molecule has 216 valence electrons. The average molecular weight is 564 g/mol. The fourth-order valence-electron chi connectivity index (χ4n) is 5.23. The molecule has 0 spiro atoms. The minimum atomic E-state index is -0.391. The molecule has 1 fully saturated rings. The smallest absolute Gasteiger partial charge is 0.140 e. The van der Waals surface area contributed by atoms with Crippen molar-refractivity contribution in [3.63, 3.8) is 0 Å². The van der Waals surface area contributed by atoms with E-state index in [9.17, 15) is 4.39 Å². The molecule has 3 N–H and O–H groups in total. The van der Waals surface area contributed by atoms with Crippen LogP contribution in [0.15, 0.2) is 111 Å². The van der Waals surface area contributed by atoms with Gasteiger partial charge in [-0.25, -0.2) is 8.78 Å². The zero-order chi connectivity index (χ0) is 30.4. The van der Waals surface area contributed by atoms with E-state index < -0.39 is 5.82 Å². The molecule has 0 saturated heterocycles. The molecule has 42 heavy (non-hydrogen) atoms. The predicted molar refractivity (Wildman–Crippen MR) is 175 cm³/mol. The molecule has 1 aliphatic rings. The summed E-state index contributed by atoms with van der Waals surface area (Å²) in [6, 6.07) is 12.0. The summed E-state index contributed by atoms with van der Waals surface area (Å²) in [5.41, 5.74) is 8.21. The van der Waals surface area contributed by atoms with E-state index in [4.69, 9.17) is 0 Å². The number of hydrogen-bond acceptors (Lipinski definition) is 2. The van der Waals surface area contributed by atoms with Crippen LogP contribution in [-0.4, -0.2) is 12.0 Å². The third kappa shape index (κ3) is 6.31. The van der Waals surface area contributed by atoms with Crippen LogP contribution in [-0.2, 0) is 0 Å². The molecule has 0 unspecified atom stereocenters. The second-order valence-corrected chi connectivity index (χ2v) is 10.5. The van der Waals surface area contributed by atoms with E-state index in [1.54, 1.807) is 31.3 Å². The summed E-state index contributed by atoms with van der Waals surface area (Å²) >= 11 is 0. The van der Waals surface area contributed by atoms with Crippen LogP contribution in [0.5, 0.6) is 0 Å². The second kappa shape index (κ2) is 13.3. The third-order valence-electron chi connectivity index (χ3n) is 7.82. The Morgan fingerprint density at radius 3 is 2.40 bits per heavy atom. The van der Waals surface area contributed by atoms with Crippen molar-refractivity contribution in [1.82, 2.24) is 10.3 Å². The Morgan fingerprint density at radius 2 is 1.81 bits per heavy atom. The number of aromatic nitrogens is 1. The van der Waals surface area contributed by atoms with Crippen LogP contribution < -0.4 is 10.6 Å². The van der Waals surface area contributed by atoms with Crippen molar-refractivity contribution in [3.8, 4) is 0 Å². The molecule has 1 saturated carbocycles. The summed E-state index contributed by atoms with van der Waals surface area (Å²) in [6.07, 6.45) is 12.5. The first-order valence-corrected chi connectivity index (χ1v) is 14.2. The summed E-state index contributed by atoms with van der Waals surface area (Å²) in [7, 11) is 1.76. The Balaban J connectivity index is 1.73. The van der Waals surface area contributed by atoms with Gasteiger partial charge in [0.05, 0.1) is 0 Å². The van der Waals surface area contributed by atoms with Crippen LogP contribution >= 0.6 is 0 Å². The normalized spacial score (nSPS) is 14.3. The van der Waals surface area contributed by atoms with Crippen molar-refractivity contribution in [2.45, 2.75) is 33.1 Å². The summed E-state index contributed by atoms with van der Waals surface area (Å²) in [6.45, 7) is 20.1. The molecule has 0 atom stereocenters. The number of aryl methyl sites for hydroxylation is 1. The molecule has 1 aromatic heterocycles. The topological polar surface area (TPSA) is 39.8 Å². The highest BCUT2D eigenvalue weighted by atomic mass is 19.1. The lowest BCUT2D eigenvalue weighted by Gasteiger charge is -2.28. The van der Waals surface area contributed by atoms with Gasteiger partial charge in [0.2, 0.25) is 0 Å². The highest BCUT2D eigenvalue weighted by Crippen LogP contribution is 2.37. The fourth-order valence-corrected chi connectivity index (χ4v) is 5.23. The quantitative estimate of drug-likeness (QED) is 0.192. The highest BCUT2D eigenvalue weighted by molar-refractivity contribution is 5.90. The van der Waals surface area contributed by atoms with E-state index >= 15 is 4.39 Å². The number of H-pyrrole nitrogens is 1. The molecule has 2 aromatic carbocycles. The molecule has 3 aromatic rings. The fraction of sp³-hybridized carbons (Fsp3) is 0.189. The second-order valence-electron chi connectivity index (χ2n) is 10.5. The van der Waals surface area contributed by atoms with Crippen LogP contribution in [0, 0.1) is 24.5 Å². The number of hydrogen-bond donors (Lipinski definition) is 3. The predicted octanol–water partition coefficient (Wildman–Crippen LogP) is 9.70. The number of allylic oxidation sites excluding steroid dienone is 7. The minimum absolute atomic E-state index is 0.325. The van der Waals surface area contributed by atoms with Gasteiger partial charge < -0.3 is 15.6 Å². The summed E-state index contributed by atoms with van der Waals surface area (Å²) in [5.74, 6) is -0.257. The zero-order valence-electron chi connectivity index (χ0n) is 24.7. The Bertz CT molecular complexity index is 1630. The van der Waals surface area contributed by atoms with Gasteiger partial charge in [0.1, 0.15) is 11.6 Å². The van der Waals surface area contributed by atoms with E-state index in [0.29, 0.717) is 39.6 Å². The maximum absolute atomic E-state index is 16.5. The summed E-state index contributed by atoms with van der Waals surface area (Å²) < 4.78 is 30.6. The van der Waals surface area contributed by atoms with Crippen molar-refractivity contribution in [2.75, 3.05) is 12.4 Å². The highest BCUT2D eigenvalue weighted by Gasteiger charge is 2.22. The van der Waals surface area contributed by atoms with Crippen molar-refractivity contribution < 1.29 is 8.78 Å². The van der Waals surface area contributed by atoms with Gasteiger partial charge in [0, 0.05) is 57.8 Å². The van der Waals surface area contributed by atoms with E-state index in [0.717, 1.165) is 46.6 Å². The van der Waals surface area contributed by atoms with E-state index in [2.05, 4.69) is 41.9 Å².